The largest absolute Gasteiger partial charge is 0.454 e. The minimum Gasteiger partial charge on any atom is -0.454 e. The SMILES string of the molecule is c1ccc(-c2cccc(N(c3cccc(-c4ccc5ccccc5c4)c3)c3cccc4c3oc3ccccc34)c2)cc1. The van der Waals surface area contributed by atoms with Crippen LogP contribution in [0.2, 0.25) is 0 Å². The molecule has 0 aliphatic heterocycles. The standard InChI is InChI=1S/C40H27NO/c1-2-11-28(12-3-1)31-15-8-17-34(26-31)41(38-21-10-20-37-36-19-6-7-22-39(36)42-40(37)38)35-18-9-16-32(27-35)33-24-23-29-13-4-5-14-30(29)25-33/h1-27H. The Hall–Kier alpha value is -5.60. The lowest BCUT2D eigenvalue weighted by Crippen LogP contribution is -2.10. The van der Waals surface area contributed by atoms with Crippen molar-refractivity contribution in [1.82, 2.24) is 0 Å². The zero-order chi connectivity index (χ0) is 27.9. The minimum atomic E-state index is 0.875. The van der Waals surface area contributed by atoms with Crippen molar-refractivity contribution in [3.05, 3.63) is 164 Å². The first-order valence-electron chi connectivity index (χ1n) is 14.3. The van der Waals surface area contributed by atoms with Gasteiger partial charge in [-0.1, -0.05) is 121 Å². The quantitative estimate of drug-likeness (QED) is 0.217. The van der Waals surface area contributed by atoms with Crippen LogP contribution in [0.25, 0.3) is 55.0 Å². The van der Waals surface area contributed by atoms with E-state index in [-0.39, 0.29) is 0 Å². The van der Waals surface area contributed by atoms with Crippen molar-refractivity contribution >= 4 is 49.8 Å². The van der Waals surface area contributed by atoms with Gasteiger partial charge in [-0.25, -0.2) is 0 Å². The molecule has 8 aromatic rings. The van der Waals surface area contributed by atoms with Gasteiger partial charge in [-0.3, -0.25) is 0 Å². The molecule has 0 saturated carbocycles. The maximum atomic E-state index is 6.54. The molecule has 0 amide bonds. The summed E-state index contributed by atoms with van der Waals surface area (Å²) in [5.74, 6) is 0. The summed E-state index contributed by atoms with van der Waals surface area (Å²) < 4.78 is 6.54. The predicted molar refractivity (Wildman–Crippen MR) is 177 cm³/mol. The third-order valence-electron chi connectivity index (χ3n) is 8.02. The molecule has 0 atom stereocenters. The van der Waals surface area contributed by atoms with Crippen LogP contribution in [-0.4, -0.2) is 0 Å². The van der Waals surface area contributed by atoms with E-state index in [1.807, 2.05) is 12.1 Å². The van der Waals surface area contributed by atoms with Crippen molar-refractivity contribution in [2.24, 2.45) is 0 Å². The summed E-state index contributed by atoms with van der Waals surface area (Å²) in [5.41, 5.74) is 9.62. The Morgan fingerprint density at radius 3 is 1.79 bits per heavy atom. The molecular weight excluding hydrogens is 510 g/mol. The number of para-hydroxylation sites is 2. The number of fused-ring (bicyclic) bond motifs is 4. The van der Waals surface area contributed by atoms with Gasteiger partial charge in [0.2, 0.25) is 0 Å². The van der Waals surface area contributed by atoms with E-state index in [2.05, 4.69) is 157 Å². The van der Waals surface area contributed by atoms with Gasteiger partial charge in [0, 0.05) is 22.1 Å². The Morgan fingerprint density at radius 2 is 0.976 bits per heavy atom. The fraction of sp³-hybridized carbons (Fsp3) is 0. The Kier molecular flexibility index (Phi) is 5.82. The van der Waals surface area contributed by atoms with E-state index in [0.29, 0.717) is 0 Å². The van der Waals surface area contributed by atoms with Crippen LogP contribution in [0, 0.1) is 0 Å². The van der Waals surface area contributed by atoms with Crippen LogP contribution < -0.4 is 4.90 Å². The third-order valence-corrected chi connectivity index (χ3v) is 8.02. The second kappa shape index (κ2) is 10.1. The zero-order valence-electron chi connectivity index (χ0n) is 22.9. The number of benzene rings is 7. The summed E-state index contributed by atoms with van der Waals surface area (Å²) in [7, 11) is 0. The summed E-state index contributed by atoms with van der Waals surface area (Å²) >= 11 is 0. The highest BCUT2D eigenvalue weighted by atomic mass is 16.3. The molecule has 198 valence electrons. The van der Waals surface area contributed by atoms with Gasteiger partial charge in [0.1, 0.15) is 5.58 Å². The van der Waals surface area contributed by atoms with Crippen molar-refractivity contribution in [1.29, 1.82) is 0 Å². The lowest BCUT2D eigenvalue weighted by Gasteiger charge is -2.26. The van der Waals surface area contributed by atoms with Crippen molar-refractivity contribution in [2.75, 3.05) is 4.90 Å². The first kappa shape index (κ1) is 24.2. The molecule has 0 N–H and O–H groups in total. The Labute approximate surface area is 244 Å². The molecular formula is C40H27NO. The number of hydrogen-bond acceptors (Lipinski definition) is 2. The fourth-order valence-corrected chi connectivity index (χ4v) is 5.98. The second-order valence-corrected chi connectivity index (χ2v) is 10.6. The van der Waals surface area contributed by atoms with Gasteiger partial charge in [0.25, 0.3) is 0 Å². The number of rotatable bonds is 5. The van der Waals surface area contributed by atoms with Crippen molar-refractivity contribution < 1.29 is 4.42 Å². The first-order chi connectivity index (χ1) is 20.8. The molecule has 1 aromatic heterocycles. The Bertz CT molecular complexity index is 2210. The van der Waals surface area contributed by atoms with Gasteiger partial charge >= 0.3 is 0 Å². The second-order valence-electron chi connectivity index (χ2n) is 10.6. The zero-order valence-corrected chi connectivity index (χ0v) is 22.9. The molecule has 7 aromatic carbocycles. The van der Waals surface area contributed by atoms with E-state index < -0.39 is 0 Å². The fourth-order valence-electron chi connectivity index (χ4n) is 5.98. The summed E-state index contributed by atoms with van der Waals surface area (Å²) in [4.78, 5) is 2.32. The monoisotopic (exact) mass is 537 g/mol. The highest BCUT2D eigenvalue weighted by molar-refractivity contribution is 6.10. The highest BCUT2D eigenvalue weighted by Crippen LogP contribution is 2.43. The lowest BCUT2D eigenvalue weighted by molar-refractivity contribution is 0.669. The van der Waals surface area contributed by atoms with E-state index in [1.165, 1.54) is 33.0 Å². The van der Waals surface area contributed by atoms with Crippen LogP contribution in [0.15, 0.2) is 168 Å². The number of nitrogens with zero attached hydrogens (tertiary/aromatic N) is 1. The minimum absolute atomic E-state index is 0.875. The summed E-state index contributed by atoms with van der Waals surface area (Å²) in [6.45, 7) is 0. The molecule has 0 unspecified atom stereocenters. The maximum absolute atomic E-state index is 6.54. The van der Waals surface area contributed by atoms with Crippen LogP contribution in [0.1, 0.15) is 0 Å². The van der Waals surface area contributed by atoms with E-state index >= 15 is 0 Å². The van der Waals surface area contributed by atoms with Gasteiger partial charge in [-0.05, 0) is 75.5 Å². The summed E-state index contributed by atoms with van der Waals surface area (Å²) in [6, 6.07) is 58.0. The lowest BCUT2D eigenvalue weighted by atomic mass is 10.00. The smallest absolute Gasteiger partial charge is 0.159 e. The topological polar surface area (TPSA) is 16.4 Å². The van der Waals surface area contributed by atoms with E-state index in [1.54, 1.807) is 0 Å². The third kappa shape index (κ3) is 4.22. The molecule has 0 aliphatic carbocycles. The first-order valence-corrected chi connectivity index (χ1v) is 14.3. The van der Waals surface area contributed by atoms with Crippen LogP contribution in [-0.2, 0) is 0 Å². The van der Waals surface area contributed by atoms with Crippen LogP contribution in [0.4, 0.5) is 17.1 Å². The van der Waals surface area contributed by atoms with E-state index in [4.69, 9.17) is 4.42 Å². The summed E-state index contributed by atoms with van der Waals surface area (Å²) in [6.07, 6.45) is 0. The molecule has 2 heteroatoms. The Balaban J connectivity index is 1.34. The van der Waals surface area contributed by atoms with Gasteiger partial charge in [-0.2, -0.15) is 0 Å². The molecule has 0 aliphatic rings. The van der Waals surface area contributed by atoms with Crippen molar-refractivity contribution in [3.8, 4) is 22.3 Å². The normalized spacial score (nSPS) is 11.3. The van der Waals surface area contributed by atoms with Gasteiger partial charge in [0.15, 0.2) is 5.58 Å². The number of furan rings is 1. The maximum Gasteiger partial charge on any atom is 0.159 e. The molecule has 0 fully saturated rings. The molecule has 2 nitrogen and oxygen atoms in total. The molecule has 0 bridgehead atoms. The average molecular weight is 538 g/mol. The van der Waals surface area contributed by atoms with Crippen molar-refractivity contribution in [2.45, 2.75) is 0 Å². The van der Waals surface area contributed by atoms with Gasteiger partial charge in [0.05, 0.1) is 5.69 Å². The van der Waals surface area contributed by atoms with Crippen LogP contribution in [0.5, 0.6) is 0 Å². The summed E-state index contributed by atoms with van der Waals surface area (Å²) in [5, 5.41) is 4.71. The Morgan fingerprint density at radius 1 is 0.381 bits per heavy atom. The molecule has 0 radical (unpaired) electrons. The molecule has 8 rings (SSSR count). The molecule has 1 heterocycles. The highest BCUT2D eigenvalue weighted by Gasteiger charge is 2.20. The van der Waals surface area contributed by atoms with Crippen LogP contribution >= 0.6 is 0 Å². The molecule has 42 heavy (non-hydrogen) atoms. The average Bonchev–Trinajstić information content (AvgIpc) is 3.45. The van der Waals surface area contributed by atoms with Gasteiger partial charge in [-0.15, -0.1) is 0 Å². The number of hydrogen-bond donors (Lipinski definition) is 0. The van der Waals surface area contributed by atoms with Gasteiger partial charge < -0.3 is 9.32 Å². The molecule has 0 saturated heterocycles. The van der Waals surface area contributed by atoms with E-state index in [9.17, 15) is 0 Å². The molecule has 0 spiro atoms. The number of anilines is 3. The van der Waals surface area contributed by atoms with Crippen LogP contribution in [0.3, 0.4) is 0 Å². The van der Waals surface area contributed by atoms with Crippen molar-refractivity contribution in [3.63, 3.8) is 0 Å². The van der Waals surface area contributed by atoms with E-state index in [0.717, 1.165) is 39.0 Å². The predicted octanol–water partition coefficient (Wildman–Crippen LogP) is 11.5.